The molecule has 1 aliphatic rings. The topological polar surface area (TPSA) is 32.3 Å². The quantitative estimate of drug-likeness (QED) is 0.776. The number of hydrogen-bond donors (Lipinski definition) is 2. The maximum atomic E-state index is 9.72. The van der Waals surface area contributed by atoms with Crippen LogP contribution in [-0.4, -0.2) is 18.2 Å². The second-order valence-electron chi connectivity index (χ2n) is 3.39. The maximum absolute atomic E-state index is 9.72. The molecule has 0 amide bonds. The average molecular weight is 289 g/mol. The Morgan fingerprint density at radius 3 is 2.92 bits per heavy atom. The summed E-state index contributed by atoms with van der Waals surface area (Å²) in [5, 5.41) is 13.0. The molecule has 1 aliphatic heterocycles. The van der Waals surface area contributed by atoms with Gasteiger partial charge >= 0.3 is 0 Å². The van der Waals surface area contributed by atoms with Gasteiger partial charge in [0.25, 0.3) is 0 Å². The van der Waals surface area contributed by atoms with E-state index in [0.29, 0.717) is 11.7 Å². The molecule has 3 heteroatoms. The Kier molecular flexibility index (Phi) is 2.74. The lowest BCUT2D eigenvalue weighted by Crippen LogP contribution is -2.08. The van der Waals surface area contributed by atoms with Gasteiger partial charge in [0.15, 0.2) is 0 Å². The van der Waals surface area contributed by atoms with Crippen LogP contribution in [0.4, 0.5) is 0 Å². The van der Waals surface area contributed by atoms with Gasteiger partial charge in [0, 0.05) is 16.0 Å². The van der Waals surface area contributed by atoms with E-state index in [-0.39, 0.29) is 0 Å². The molecular weight excluding hydrogens is 277 g/mol. The van der Waals surface area contributed by atoms with Gasteiger partial charge in [-0.05, 0) is 53.3 Å². The van der Waals surface area contributed by atoms with Crippen molar-refractivity contribution in [2.45, 2.75) is 12.3 Å². The summed E-state index contributed by atoms with van der Waals surface area (Å²) in [6, 6.07) is 5.91. The first-order valence-electron chi connectivity index (χ1n) is 4.46. The summed E-state index contributed by atoms with van der Waals surface area (Å²) in [6.45, 7) is 2.06. The Morgan fingerprint density at radius 2 is 2.31 bits per heavy atom. The molecule has 2 rings (SSSR count). The highest BCUT2D eigenvalue weighted by Gasteiger charge is 2.19. The number of phenolic OH excluding ortho intramolecular Hbond substituents is 1. The van der Waals surface area contributed by atoms with E-state index in [0.717, 1.165) is 28.6 Å². The molecule has 0 aliphatic carbocycles. The third kappa shape index (κ3) is 1.96. The number of aromatic hydroxyl groups is 1. The molecule has 2 N–H and O–H groups in total. The highest BCUT2D eigenvalue weighted by molar-refractivity contribution is 14.1. The van der Waals surface area contributed by atoms with Crippen molar-refractivity contribution in [1.82, 2.24) is 5.32 Å². The van der Waals surface area contributed by atoms with E-state index in [1.807, 2.05) is 18.2 Å². The van der Waals surface area contributed by atoms with Crippen LogP contribution in [0.3, 0.4) is 0 Å². The van der Waals surface area contributed by atoms with E-state index in [1.54, 1.807) is 0 Å². The van der Waals surface area contributed by atoms with Crippen molar-refractivity contribution in [3.63, 3.8) is 0 Å². The minimum Gasteiger partial charge on any atom is -0.508 e. The van der Waals surface area contributed by atoms with Gasteiger partial charge in [-0.3, -0.25) is 0 Å². The lowest BCUT2D eigenvalue weighted by atomic mass is 9.98. The Labute approximate surface area is 91.5 Å². The normalized spacial score (nSPS) is 22.1. The zero-order valence-corrected chi connectivity index (χ0v) is 9.41. The van der Waals surface area contributed by atoms with Crippen LogP contribution in [0, 0.1) is 3.57 Å². The summed E-state index contributed by atoms with van der Waals surface area (Å²) < 4.78 is 1.09. The van der Waals surface area contributed by atoms with Gasteiger partial charge in [0.2, 0.25) is 0 Å². The van der Waals surface area contributed by atoms with Gasteiger partial charge in [0.05, 0.1) is 0 Å². The molecule has 0 aromatic heterocycles. The zero-order chi connectivity index (χ0) is 9.26. The Bertz CT molecular complexity index is 308. The minimum absolute atomic E-state index is 0.445. The monoisotopic (exact) mass is 289 g/mol. The van der Waals surface area contributed by atoms with Crippen LogP contribution in [0.5, 0.6) is 5.75 Å². The van der Waals surface area contributed by atoms with Crippen LogP contribution in [0.25, 0.3) is 0 Å². The highest BCUT2D eigenvalue weighted by Crippen LogP contribution is 2.30. The molecule has 70 valence electrons. The summed E-state index contributed by atoms with van der Waals surface area (Å²) in [7, 11) is 0. The largest absolute Gasteiger partial charge is 0.508 e. The van der Waals surface area contributed by atoms with E-state index in [1.165, 1.54) is 0 Å². The van der Waals surface area contributed by atoms with Crippen molar-refractivity contribution < 1.29 is 5.11 Å². The van der Waals surface area contributed by atoms with Crippen LogP contribution >= 0.6 is 22.6 Å². The molecule has 1 aromatic rings. The highest BCUT2D eigenvalue weighted by atomic mass is 127. The molecule has 2 nitrogen and oxygen atoms in total. The second kappa shape index (κ2) is 3.84. The first-order valence-corrected chi connectivity index (χ1v) is 5.54. The van der Waals surface area contributed by atoms with Crippen LogP contribution in [-0.2, 0) is 0 Å². The van der Waals surface area contributed by atoms with E-state index in [9.17, 15) is 5.11 Å². The van der Waals surface area contributed by atoms with E-state index < -0.39 is 0 Å². The van der Waals surface area contributed by atoms with Crippen molar-refractivity contribution in [2.24, 2.45) is 0 Å². The molecule has 1 saturated heterocycles. The lowest BCUT2D eigenvalue weighted by Gasteiger charge is -2.10. The first kappa shape index (κ1) is 9.27. The van der Waals surface area contributed by atoms with Crippen LogP contribution in [0.1, 0.15) is 17.9 Å². The average Bonchev–Trinajstić information content (AvgIpc) is 2.56. The van der Waals surface area contributed by atoms with Gasteiger partial charge in [-0.2, -0.15) is 0 Å². The number of phenols is 1. The summed E-state index contributed by atoms with van der Waals surface area (Å²) in [5.74, 6) is 0.942. The van der Waals surface area contributed by atoms with E-state index >= 15 is 0 Å². The maximum Gasteiger partial charge on any atom is 0.120 e. The first-order chi connectivity index (χ1) is 6.27. The van der Waals surface area contributed by atoms with Crippen molar-refractivity contribution in [3.8, 4) is 5.75 Å². The van der Waals surface area contributed by atoms with E-state index in [2.05, 4.69) is 27.9 Å². The van der Waals surface area contributed by atoms with Crippen molar-refractivity contribution in [3.05, 3.63) is 27.3 Å². The second-order valence-corrected chi connectivity index (χ2v) is 4.64. The van der Waals surface area contributed by atoms with Gasteiger partial charge < -0.3 is 10.4 Å². The number of hydrogen-bond acceptors (Lipinski definition) is 2. The fourth-order valence-electron chi connectivity index (χ4n) is 1.78. The molecule has 0 bridgehead atoms. The van der Waals surface area contributed by atoms with Gasteiger partial charge in [0.1, 0.15) is 5.75 Å². The molecule has 1 heterocycles. The van der Waals surface area contributed by atoms with Crippen molar-refractivity contribution in [2.75, 3.05) is 13.1 Å². The van der Waals surface area contributed by atoms with Gasteiger partial charge in [-0.1, -0.05) is 6.07 Å². The summed E-state index contributed by atoms with van der Waals surface area (Å²) >= 11 is 2.21. The van der Waals surface area contributed by atoms with Crippen LogP contribution in [0.2, 0.25) is 0 Å². The lowest BCUT2D eigenvalue weighted by molar-refractivity contribution is 0.462. The predicted octanol–water partition coefficient (Wildman–Crippen LogP) is 2.07. The Morgan fingerprint density at radius 1 is 1.46 bits per heavy atom. The molecule has 1 fully saturated rings. The number of benzene rings is 1. The summed E-state index contributed by atoms with van der Waals surface area (Å²) in [4.78, 5) is 0. The predicted molar refractivity (Wildman–Crippen MR) is 61.1 cm³/mol. The fraction of sp³-hybridized carbons (Fsp3) is 0.400. The third-order valence-corrected chi connectivity index (χ3v) is 3.16. The molecule has 0 saturated carbocycles. The fourth-order valence-corrected chi connectivity index (χ4v) is 2.26. The summed E-state index contributed by atoms with van der Waals surface area (Å²) in [5.41, 5.74) is 1.09. The summed E-state index contributed by atoms with van der Waals surface area (Å²) in [6.07, 6.45) is 1.13. The smallest absolute Gasteiger partial charge is 0.120 e. The SMILES string of the molecule is Oc1cc(I)ccc1C1CCNC1. The molecule has 1 aromatic carbocycles. The molecule has 1 unspecified atom stereocenters. The Balaban J connectivity index is 2.29. The van der Waals surface area contributed by atoms with E-state index in [4.69, 9.17) is 0 Å². The Hall–Kier alpha value is -0.290. The van der Waals surface area contributed by atoms with Crippen molar-refractivity contribution in [1.29, 1.82) is 0 Å². The zero-order valence-electron chi connectivity index (χ0n) is 7.26. The third-order valence-electron chi connectivity index (χ3n) is 2.49. The van der Waals surface area contributed by atoms with Gasteiger partial charge in [-0.25, -0.2) is 0 Å². The van der Waals surface area contributed by atoms with Crippen molar-refractivity contribution >= 4 is 22.6 Å². The van der Waals surface area contributed by atoms with Crippen LogP contribution < -0.4 is 5.32 Å². The standard InChI is InChI=1S/C10H12INO/c11-8-1-2-9(10(13)5-8)7-3-4-12-6-7/h1-2,5,7,12-13H,3-4,6H2. The molecule has 0 radical (unpaired) electrons. The molecule has 0 spiro atoms. The molecular formula is C10H12INO. The molecule has 1 atom stereocenters. The number of halogens is 1. The molecule has 13 heavy (non-hydrogen) atoms. The van der Waals surface area contributed by atoms with Crippen LogP contribution in [0.15, 0.2) is 18.2 Å². The minimum atomic E-state index is 0.445. The number of nitrogens with one attached hydrogen (secondary N) is 1. The van der Waals surface area contributed by atoms with Gasteiger partial charge in [-0.15, -0.1) is 0 Å². The number of rotatable bonds is 1.